The van der Waals surface area contributed by atoms with Crippen LogP contribution in [0.5, 0.6) is 5.88 Å². The Labute approximate surface area is 130 Å². The molecule has 0 saturated carbocycles. The Morgan fingerprint density at radius 1 is 1.23 bits per heavy atom. The van der Waals surface area contributed by atoms with E-state index in [-0.39, 0.29) is 0 Å². The summed E-state index contributed by atoms with van der Waals surface area (Å²) in [6, 6.07) is 6.32. The summed E-state index contributed by atoms with van der Waals surface area (Å²) in [5.74, 6) is 0.589. The molecule has 0 amide bonds. The molecule has 0 aliphatic carbocycles. The zero-order valence-corrected chi connectivity index (χ0v) is 13.6. The molecule has 0 saturated heterocycles. The summed E-state index contributed by atoms with van der Waals surface area (Å²) in [5, 5.41) is 4.62. The standard InChI is InChI=1S/C17H20N4O/c1-10(2)21-14-9-11(3)15(19-16(14)12(4)20-21)13-7-6-8-18-17(13)22-5/h6-10H,1-5H3. The normalized spacial score (nSPS) is 11.4. The van der Waals surface area contributed by atoms with E-state index in [0.717, 1.165) is 33.5 Å². The number of aromatic nitrogens is 4. The van der Waals surface area contributed by atoms with Gasteiger partial charge in [0.2, 0.25) is 5.88 Å². The summed E-state index contributed by atoms with van der Waals surface area (Å²) in [6.45, 7) is 8.30. The minimum atomic E-state index is 0.302. The molecule has 0 aliphatic rings. The second kappa shape index (κ2) is 5.40. The van der Waals surface area contributed by atoms with E-state index < -0.39 is 0 Å². The van der Waals surface area contributed by atoms with Crippen LogP contribution in [0.2, 0.25) is 0 Å². The first-order valence-corrected chi connectivity index (χ1v) is 7.38. The maximum absolute atomic E-state index is 5.37. The number of rotatable bonds is 3. The van der Waals surface area contributed by atoms with Crippen LogP contribution in [0.25, 0.3) is 22.3 Å². The molecule has 114 valence electrons. The second-order valence-electron chi connectivity index (χ2n) is 5.71. The van der Waals surface area contributed by atoms with Gasteiger partial charge in [-0.3, -0.25) is 4.68 Å². The average molecular weight is 296 g/mol. The Morgan fingerprint density at radius 3 is 2.68 bits per heavy atom. The Kier molecular flexibility index (Phi) is 3.56. The number of pyridine rings is 2. The molecular weight excluding hydrogens is 276 g/mol. The van der Waals surface area contributed by atoms with Crippen molar-refractivity contribution in [1.82, 2.24) is 19.7 Å². The summed E-state index contributed by atoms with van der Waals surface area (Å²) < 4.78 is 7.39. The molecule has 0 radical (unpaired) electrons. The van der Waals surface area contributed by atoms with Crippen LogP contribution >= 0.6 is 0 Å². The third-order valence-electron chi connectivity index (χ3n) is 3.75. The monoisotopic (exact) mass is 296 g/mol. The average Bonchev–Trinajstić information content (AvgIpc) is 2.83. The third kappa shape index (κ3) is 2.22. The van der Waals surface area contributed by atoms with Crippen LogP contribution in [0.1, 0.15) is 31.1 Å². The molecule has 22 heavy (non-hydrogen) atoms. The minimum Gasteiger partial charge on any atom is -0.481 e. The molecule has 0 spiro atoms. The quantitative estimate of drug-likeness (QED) is 0.739. The molecule has 5 heteroatoms. The van der Waals surface area contributed by atoms with Crippen LogP contribution in [0, 0.1) is 13.8 Å². The number of hydrogen-bond acceptors (Lipinski definition) is 4. The van der Waals surface area contributed by atoms with Crippen molar-refractivity contribution in [2.45, 2.75) is 33.7 Å². The zero-order valence-electron chi connectivity index (χ0n) is 13.6. The molecule has 0 fully saturated rings. The van der Waals surface area contributed by atoms with E-state index in [1.165, 1.54) is 0 Å². The van der Waals surface area contributed by atoms with E-state index in [9.17, 15) is 0 Å². The molecule has 0 aliphatic heterocycles. The van der Waals surface area contributed by atoms with Crippen LogP contribution in [0.15, 0.2) is 24.4 Å². The van der Waals surface area contributed by atoms with Crippen molar-refractivity contribution >= 4 is 11.0 Å². The number of ether oxygens (including phenoxy) is 1. The Hall–Kier alpha value is -2.43. The van der Waals surface area contributed by atoms with Gasteiger partial charge in [0.05, 0.1) is 29.6 Å². The van der Waals surface area contributed by atoms with Gasteiger partial charge < -0.3 is 4.74 Å². The van der Waals surface area contributed by atoms with Gasteiger partial charge in [0.1, 0.15) is 5.52 Å². The van der Waals surface area contributed by atoms with Crippen LogP contribution in [-0.2, 0) is 0 Å². The molecule has 5 nitrogen and oxygen atoms in total. The van der Waals surface area contributed by atoms with Gasteiger partial charge >= 0.3 is 0 Å². The lowest BCUT2D eigenvalue weighted by atomic mass is 10.1. The Bertz CT molecular complexity index is 836. The summed E-state index contributed by atoms with van der Waals surface area (Å²) >= 11 is 0. The molecular formula is C17H20N4O. The highest BCUT2D eigenvalue weighted by molar-refractivity contribution is 5.83. The lowest BCUT2D eigenvalue weighted by Crippen LogP contribution is -2.03. The topological polar surface area (TPSA) is 52.8 Å². The van der Waals surface area contributed by atoms with Gasteiger partial charge in [0, 0.05) is 12.2 Å². The minimum absolute atomic E-state index is 0.302. The van der Waals surface area contributed by atoms with Crippen molar-refractivity contribution < 1.29 is 4.74 Å². The molecule has 0 unspecified atom stereocenters. The largest absolute Gasteiger partial charge is 0.481 e. The lowest BCUT2D eigenvalue weighted by molar-refractivity contribution is 0.399. The summed E-state index contributed by atoms with van der Waals surface area (Å²) in [5.41, 5.74) is 5.81. The number of nitrogens with zero attached hydrogens (tertiary/aromatic N) is 4. The fraction of sp³-hybridized carbons (Fsp3) is 0.353. The maximum atomic E-state index is 5.37. The van der Waals surface area contributed by atoms with Crippen LogP contribution in [0.3, 0.4) is 0 Å². The molecule has 3 aromatic heterocycles. The van der Waals surface area contributed by atoms with Crippen LogP contribution < -0.4 is 4.74 Å². The highest BCUT2D eigenvalue weighted by Gasteiger charge is 2.17. The predicted molar refractivity (Wildman–Crippen MR) is 87.2 cm³/mol. The second-order valence-corrected chi connectivity index (χ2v) is 5.71. The van der Waals surface area contributed by atoms with E-state index >= 15 is 0 Å². The number of methoxy groups -OCH3 is 1. The third-order valence-corrected chi connectivity index (χ3v) is 3.75. The fourth-order valence-electron chi connectivity index (χ4n) is 2.70. The van der Waals surface area contributed by atoms with Gasteiger partial charge in [-0.15, -0.1) is 0 Å². The predicted octanol–water partition coefficient (Wildman–Crippen LogP) is 3.70. The number of hydrogen-bond donors (Lipinski definition) is 0. The first kappa shape index (κ1) is 14.5. The van der Waals surface area contributed by atoms with Crippen molar-refractivity contribution in [1.29, 1.82) is 0 Å². The molecule has 3 aromatic rings. The maximum Gasteiger partial charge on any atom is 0.222 e. The van der Waals surface area contributed by atoms with Gasteiger partial charge in [-0.2, -0.15) is 5.10 Å². The summed E-state index contributed by atoms with van der Waals surface area (Å²) in [4.78, 5) is 9.12. The zero-order chi connectivity index (χ0) is 15.9. The van der Waals surface area contributed by atoms with E-state index in [1.54, 1.807) is 13.3 Å². The van der Waals surface area contributed by atoms with Gasteiger partial charge in [0.25, 0.3) is 0 Å². The van der Waals surface area contributed by atoms with Crippen LogP contribution in [0.4, 0.5) is 0 Å². The highest BCUT2D eigenvalue weighted by Crippen LogP contribution is 2.32. The smallest absolute Gasteiger partial charge is 0.222 e. The summed E-state index contributed by atoms with van der Waals surface area (Å²) in [7, 11) is 1.63. The fourth-order valence-corrected chi connectivity index (χ4v) is 2.70. The number of aryl methyl sites for hydroxylation is 2. The first-order valence-electron chi connectivity index (χ1n) is 7.38. The van der Waals surface area contributed by atoms with E-state index in [1.807, 2.05) is 23.7 Å². The van der Waals surface area contributed by atoms with Crippen molar-refractivity contribution in [3.8, 4) is 17.1 Å². The molecule has 3 heterocycles. The van der Waals surface area contributed by atoms with Crippen molar-refractivity contribution in [2.24, 2.45) is 0 Å². The Balaban J connectivity index is 2.28. The van der Waals surface area contributed by atoms with Gasteiger partial charge in [-0.05, 0) is 51.5 Å². The van der Waals surface area contributed by atoms with E-state index in [2.05, 4.69) is 36.9 Å². The Morgan fingerprint density at radius 2 is 2.00 bits per heavy atom. The lowest BCUT2D eigenvalue weighted by Gasteiger charge is -2.11. The molecule has 3 rings (SSSR count). The molecule has 0 aromatic carbocycles. The SMILES string of the molecule is COc1ncccc1-c1nc2c(C)nn(C(C)C)c2cc1C. The number of fused-ring (bicyclic) bond motifs is 1. The molecule has 0 bridgehead atoms. The van der Waals surface area contributed by atoms with Gasteiger partial charge in [-0.1, -0.05) is 0 Å². The molecule has 0 atom stereocenters. The molecule has 0 N–H and O–H groups in total. The van der Waals surface area contributed by atoms with Crippen LogP contribution in [-0.4, -0.2) is 26.9 Å². The van der Waals surface area contributed by atoms with Crippen molar-refractivity contribution in [3.63, 3.8) is 0 Å². The van der Waals surface area contributed by atoms with Gasteiger partial charge in [0.15, 0.2) is 0 Å². The van der Waals surface area contributed by atoms with Gasteiger partial charge in [-0.25, -0.2) is 9.97 Å². The first-order chi connectivity index (χ1) is 10.5. The summed E-state index contributed by atoms with van der Waals surface area (Å²) in [6.07, 6.45) is 1.72. The van der Waals surface area contributed by atoms with E-state index in [0.29, 0.717) is 11.9 Å². The van der Waals surface area contributed by atoms with Crippen molar-refractivity contribution in [3.05, 3.63) is 35.7 Å². The van der Waals surface area contributed by atoms with E-state index in [4.69, 9.17) is 9.72 Å². The van der Waals surface area contributed by atoms with Crippen molar-refractivity contribution in [2.75, 3.05) is 7.11 Å². The highest BCUT2D eigenvalue weighted by atomic mass is 16.5.